The highest BCUT2D eigenvalue weighted by Gasteiger charge is 2.18. The van der Waals surface area contributed by atoms with Gasteiger partial charge in [-0.1, -0.05) is 12.1 Å². The summed E-state index contributed by atoms with van der Waals surface area (Å²) in [5, 5.41) is 3.12. The van der Waals surface area contributed by atoms with Gasteiger partial charge in [-0.05, 0) is 36.8 Å². The van der Waals surface area contributed by atoms with Crippen LogP contribution in [-0.2, 0) is 21.2 Å². The summed E-state index contributed by atoms with van der Waals surface area (Å²) < 4.78 is 50.7. The second-order valence-electron chi connectivity index (χ2n) is 7.04. The first-order chi connectivity index (χ1) is 15.7. The number of ether oxygens (including phenoxy) is 2. The van der Waals surface area contributed by atoms with Gasteiger partial charge in [-0.25, -0.2) is 22.5 Å². The van der Waals surface area contributed by atoms with E-state index in [1.54, 1.807) is 12.1 Å². The molecule has 1 amide bonds. The SMILES string of the molecule is COc1ccc(S(=O)(=O)NCCC(=O)Nc2nc(C)c(Cc3ccc(F)cc3)s2)cc1OC. The monoisotopic (exact) mass is 493 g/mol. The number of rotatable bonds is 10. The molecule has 1 aromatic heterocycles. The first-order valence-corrected chi connectivity index (χ1v) is 12.2. The molecule has 8 nitrogen and oxygen atoms in total. The van der Waals surface area contributed by atoms with Crippen molar-refractivity contribution in [1.82, 2.24) is 9.71 Å². The van der Waals surface area contributed by atoms with Crippen LogP contribution in [0.2, 0.25) is 0 Å². The molecule has 0 bridgehead atoms. The Kier molecular flexibility index (Phi) is 8.01. The smallest absolute Gasteiger partial charge is 0.240 e. The number of halogens is 1. The maximum absolute atomic E-state index is 13.1. The molecule has 0 unspecified atom stereocenters. The zero-order valence-electron chi connectivity index (χ0n) is 18.3. The molecule has 0 fully saturated rings. The fourth-order valence-electron chi connectivity index (χ4n) is 2.98. The molecule has 0 saturated carbocycles. The van der Waals surface area contributed by atoms with Crippen molar-refractivity contribution in [1.29, 1.82) is 0 Å². The van der Waals surface area contributed by atoms with Crippen LogP contribution >= 0.6 is 11.3 Å². The van der Waals surface area contributed by atoms with E-state index < -0.39 is 10.0 Å². The number of anilines is 1. The van der Waals surface area contributed by atoms with Crippen LogP contribution in [0.5, 0.6) is 11.5 Å². The van der Waals surface area contributed by atoms with Gasteiger partial charge in [0.1, 0.15) is 5.82 Å². The average Bonchev–Trinajstić information content (AvgIpc) is 3.12. The van der Waals surface area contributed by atoms with E-state index in [4.69, 9.17) is 9.47 Å². The topological polar surface area (TPSA) is 107 Å². The van der Waals surface area contributed by atoms with E-state index in [9.17, 15) is 17.6 Å². The molecule has 0 aliphatic carbocycles. The Labute approximate surface area is 195 Å². The molecule has 0 spiro atoms. The molecule has 176 valence electrons. The predicted molar refractivity (Wildman–Crippen MR) is 124 cm³/mol. The van der Waals surface area contributed by atoms with E-state index >= 15 is 0 Å². The number of methoxy groups -OCH3 is 2. The third kappa shape index (κ3) is 6.50. The van der Waals surface area contributed by atoms with Crippen LogP contribution in [0.25, 0.3) is 0 Å². The summed E-state index contributed by atoms with van der Waals surface area (Å²) in [6.07, 6.45) is 0.503. The van der Waals surface area contributed by atoms with Crippen molar-refractivity contribution in [3.63, 3.8) is 0 Å². The molecule has 0 atom stereocenters. The number of nitrogens with zero attached hydrogens (tertiary/aromatic N) is 1. The number of hydrogen-bond acceptors (Lipinski definition) is 7. The summed E-state index contributed by atoms with van der Waals surface area (Å²) in [6, 6.07) is 10.4. The van der Waals surface area contributed by atoms with Crippen LogP contribution in [-0.4, -0.2) is 40.1 Å². The van der Waals surface area contributed by atoms with Gasteiger partial charge in [-0.3, -0.25) is 4.79 Å². The number of aromatic nitrogens is 1. The van der Waals surface area contributed by atoms with E-state index in [0.717, 1.165) is 16.1 Å². The fourth-order valence-corrected chi connectivity index (χ4v) is 5.04. The first kappa shape index (κ1) is 24.6. The van der Waals surface area contributed by atoms with Crippen molar-refractivity contribution in [3.05, 3.63) is 64.4 Å². The highest BCUT2D eigenvalue weighted by atomic mass is 32.2. The minimum atomic E-state index is -3.83. The molecule has 3 aromatic rings. The Bertz CT molecular complexity index is 1230. The molecule has 0 aliphatic rings. The number of hydrogen-bond donors (Lipinski definition) is 2. The molecule has 33 heavy (non-hydrogen) atoms. The first-order valence-electron chi connectivity index (χ1n) is 9.94. The second kappa shape index (κ2) is 10.7. The van der Waals surface area contributed by atoms with Crippen molar-refractivity contribution in [3.8, 4) is 11.5 Å². The van der Waals surface area contributed by atoms with Crippen molar-refractivity contribution < 1.29 is 27.1 Å². The minimum Gasteiger partial charge on any atom is -0.493 e. The van der Waals surface area contributed by atoms with Gasteiger partial charge < -0.3 is 14.8 Å². The van der Waals surface area contributed by atoms with Crippen molar-refractivity contribution in [2.75, 3.05) is 26.1 Å². The molecular formula is C22H24FN3O5S2. The summed E-state index contributed by atoms with van der Waals surface area (Å²) in [5.41, 5.74) is 1.71. The van der Waals surface area contributed by atoms with Crippen LogP contribution in [0.1, 0.15) is 22.6 Å². The van der Waals surface area contributed by atoms with Crippen LogP contribution in [0.4, 0.5) is 9.52 Å². The molecule has 3 rings (SSSR count). The molecule has 0 saturated heterocycles. The van der Waals surface area contributed by atoms with E-state index in [1.807, 2.05) is 6.92 Å². The maximum Gasteiger partial charge on any atom is 0.240 e. The fraction of sp³-hybridized carbons (Fsp3) is 0.273. The number of thiazole rings is 1. The lowest BCUT2D eigenvalue weighted by Gasteiger charge is -2.11. The number of carbonyl (C=O) groups excluding carboxylic acids is 1. The number of nitrogens with one attached hydrogen (secondary N) is 2. The lowest BCUT2D eigenvalue weighted by molar-refractivity contribution is -0.116. The number of benzene rings is 2. The van der Waals surface area contributed by atoms with Gasteiger partial charge >= 0.3 is 0 Å². The van der Waals surface area contributed by atoms with Crippen LogP contribution in [0.3, 0.4) is 0 Å². The van der Waals surface area contributed by atoms with Crippen molar-refractivity contribution in [2.24, 2.45) is 0 Å². The Morgan fingerprint density at radius 1 is 1.09 bits per heavy atom. The zero-order chi connectivity index (χ0) is 24.0. The molecule has 2 aromatic carbocycles. The second-order valence-corrected chi connectivity index (χ2v) is 9.89. The predicted octanol–water partition coefficient (Wildman–Crippen LogP) is 3.51. The highest BCUT2D eigenvalue weighted by molar-refractivity contribution is 7.89. The van der Waals surface area contributed by atoms with Gasteiger partial charge in [-0.15, -0.1) is 11.3 Å². The molecular weight excluding hydrogens is 469 g/mol. The summed E-state index contributed by atoms with van der Waals surface area (Å²) in [6.45, 7) is 1.75. The largest absolute Gasteiger partial charge is 0.493 e. The lowest BCUT2D eigenvalue weighted by Crippen LogP contribution is -2.27. The van der Waals surface area contributed by atoms with Crippen molar-refractivity contribution >= 4 is 32.4 Å². The van der Waals surface area contributed by atoms with Gasteiger partial charge in [0.15, 0.2) is 16.6 Å². The van der Waals surface area contributed by atoms with E-state index in [2.05, 4.69) is 15.0 Å². The van der Waals surface area contributed by atoms with Crippen LogP contribution in [0, 0.1) is 12.7 Å². The summed E-state index contributed by atoms with van der Waals surface area (Å²) >= 11 is 1.33. The van der Waals surface area contributed by atoms with Gasteiger partial charge in [0, 0.05) is 30.3 Å². The normalized spacial score (nSPS) is 11.3. The number of sulfonamides is 1. The minimum absolute atomic E-state index is 0.00143. The Morgan fingerprint density at radius 3 is 2.45 bits per heavy atom. The Balaban J connectivity index is 1.55. The van der Waals surface area contributed by atoms with E-state index in [1.165, 1.54) is 55.9 Å². The zero-order valence-corrected chi connectivity index (χ0v) is 20.0. The Hall–Kier alpha value is -3.02. The van der Waals surface area contributed by atoms with Gasteiger partial charge in [0.2, 0.25) is 15.9 Å². The van der Waals surface area contributed by atoms with E-state index in [-0.39, 0.29) is 35.3 Å². The third-order valence-corrected chi connectivity index (χ3v) is 7.26. The Morgan fingerprint density at radius 2 is 1.79 bits per heavy atom. The number of amides is 1. The van der Waals surface area contributed by atoms with Crippen LogP contribution < -0.4 is 19.5 Å². The van der Waals surface area contributed by atoms with Crippen LogP contribution in [0.15, 0.2) is 47.4 Å². The molecule has 0 radical (unpaired) electrons. The summed E-state index contributed by atoms with van der Waals surface area (Å²) in [7, 11) is -0.961. The highest BCUT2D eigenvalue weighted by Crippen LogP contribution is 2.29. The number of carbonyl (C=O) groups is 1. The molecule has 2 N–H and O–H groups in total. The third-order valence-electron chi connectivity index (χ3n) is 4.73. The summed E-state index contributed by atoms with van der Waals surface area (Å²) in [5.74, 6) is 0.0311. The van der Waals surface area contributed by atoms with Gasteiger partial charge in [0.05, 0.1) is 24.8 Å². The maximum atomic E-state index is 13.1. The van der Waals surface area contributed by atoms with Crippen molar-refractivity contribution in [2.45, 2.75) is 24.7 Å². The molecule has 0 aliphatic heterocycles. The molecule has 1 heterocycles. The van der Waals surface area contributed by atoms with E-state index in [0.29, 0.717) is 17.3 Å². The van der Waals surface area contributed by atoms with Gasteiger partial charge in [-0.2, -0.15) is 0 Å². The van der Waals surface area contributed by atoms with Gasteiger partial charge in [0.25, 0.3) is 0 Å². The standard InChI is InChI=1S/C22H24FN3O5S2/c1-14-20(12-15-4-6-16(23)7-5-15)32-22(25-14)26-21(27)10-11-24-33(28,29)17-8-9-18(30-2)19(13-17)31-3/h4-9,13,24H,10-12H2,1-3H3,(H,25,26,27). The quantitative estimate of drug-likeness (QED) is 0.448. The summed E-state index contributed by atoms with van der Waals surface area (Å²) in [4.78, 5) is 17.6. The number of aryl methyl sites for hydroxylation is 1. The molecule has 11 heteroatoms. The lowest BCUT2D eigenvalue weighted by atomic mass is 10.1. The average molecular weight is 494 g/mol.